The first-order valence-corrected chi connectivity index (χ1v) is 5.46. The van der Waals surface area contributed by atoms with E-state index in [0.717, 1.165) is 6.20 Å². The summed E-state index contributed by atoms with van der Waals surface area (Å²) in [6, 6.07) is 3.11. The normalized spacial score (nSPS) is 12.7. The zero-order valence-corrected chi connectivity index (χ0v) is 9.10. The van der Waals surface area contributed by atoms with Gasteiger partial charge in [0.05, 0.1) is 16.1 Å². The third-order valence-electron chi connectivity index (χ3n) is 1.99. The van der Waals surface area contributed by atoms with Crippen molar-refractivity contribution in [1.29, 1.82) is 0 Å². The average molecular weight is 244 g/mol. The molecule has 2 aromatic heterocycles. The molecular formula is C10H7ClFNOS. The topological polar surface area (TPSA) is 33.1 Å². The molecule has 0 saturated carbocycles. The van der Waals surface area contributed by atoms with Gasteiger partial charge in [-0.2, -0.15) is 0 Å². The molecular weight excluding hydrogens is 237 g/mol. The van der Waals surface area contributed by atoms with Gasteiger partial charge in [0.25, 0.3) is 0 Å². The van der Waals surface area contributed by atoms with Gasteiger partial charge in [-0.3, -0.25) is 4.98 Å². The van der Waals surface area contributed by atoms with E-state index in [4.69, 9.17) is 11.6 Å². The Hall–Kier alpha value is -0.970. The Labute approximate surface area is 95.0 Å². The smallest absolute Gasteiger partial charge is 0.147 e. The second-order valence-corrected chi connectivity index (χ2v) is 4.29. The third-order valence-corrected chi connectivity index (χ3v) is 3.40. The second-order valence-electron chi connectivity index (χ2n) is 2.93. The van der Waals surface area contributed by atoms with Crippen LogP contribution in [0.4, 0.5) is 4.39 Å². The molecule has 0 saturated heterocycles. The Kier molecular flexibility index (Phi) is 3.00. The Balaban J connectivity index is 2.41. The van der Waals surface area contributed by atoms with E-state index in [1.165, 1.54) is 23.6 Å². The lowest BCUT2D eigenvalue weighted by molar-refractivity contribution is 0.218. The van der Waals surface area contributed by atoms with Gasteiger partial charge in [-0.1, -0.05) is 11.6 Å². The number of nitrogens with zero attached hydrogens (tertiary/aromatic N) is 1. The Morgan fingerprint density at radius 2 is 2.27 bits per heavy atom. The van der Waals surface area contributed by atoms with Crippen LogP contribution >= 0.6 is 22.9 Å². The minimum absolute atomic E-state index is 0.189. The molecule has 0 aliphatic carbocycles. The zero-order chi connectivity index (χ0) is 10.8. The molecule has 1 N–H and O–H groups in total. The molecule has 15 heavy (non-hydrogen) atoms. The van der Waals surface area contributed by atoms with Crippen molar-refractivity contribution in [3.63, 3.8) is 0 Å². The molecule has 0 amide bonds. The highest BCUT2D eigenvalue weighted by molar-refractivity contribution is 7.10. The number of hydrogen-bond donors (Lipinski definition) is 1. The molecule has 0 fully saturated rings. The summed E-state index contributed by atoms with van der Waals surface area (Å²) in [4.78, 5) is 4.16. The molecule has 0 aromatic carbocycles. The molecule has 1 unspecified atom stereocenters. The Morgan fingerprint density at radius 3 is 2.87 bits per heavy atom. The van der Waals surface area contributed by atoms with Gasteiger partial charge in [0.1, 0.15) is 11.9 Å². The second kappa shape index (κ2) is 4.26. The standard InChI is InChI=1S/C10H7ClFNOS/c11-7-2-4-15-10(7)9(14)6-1-3-13-5-8(6)12/h1-5,9,14H. The van der Waals surface area contributed by atoms with Crippen molar-refractivity contribution in [3.8, 4) is 0 Å². The number of thiophene rings is 1. The predicted molar refractivity (Wildman–Crippen MR) is 57.6 cm³/mol. The van der Waals surface area contributed by atoms with Crippen LogP contribution in [0.15, 0.2) is 29.9 Å². The summed E-state index contributed by atoms with van der Waals surface area (Å²) in [5.41, 5.74) is 0.189. The predicted octanol–water partition coefficient (Wildman–Crippen LogP) is 3.02. The van der Waals surface area contributed by atoms with Crippen molar-refractivity contribution in [3.05, 3.63) is 51.2 Å². The fourth-order valence-electron chi connectivity index (χ4n) is 1.25. The van der Waals surface area contributed by atoms with Crippen LogP contribution in [-0.2, 0) is 0 Å². The van der Waals surface area contributed by atoms with Gasteiger partial charge in [-0.25, -0.2) is 4.39 Å². The highest BCUT2D eigenvalue weighted by atomic mass is 35.5. The van der Waals surface area contributed by atoms with E-state index in [0.29, 0.717) is 9.90 Å². The van der Waals surface area contributed by atoms with Gasteiger partial charge in [0.15, 0.2) is 0 Å². The zero-order valence-electron chi connectivity index (χ0n) is 7.52. The highest BCUT2D eigenvalue weighted by Crippen LogP contribution is 2.33. The van der Waals surface area contributed by atoms with E-state index in [9.17, 15) is 9.50 Å². The van der Waals surface area contributed by atoms with Gasteiger partial charge < -0.3 is 5.11 Å². The van der Waals surface area contributed by atoms with Gasteiger partial charge in [-0.15, -0.1) is 11.3 Å². The van der Waals surface area contributed by atoms with E-state index in [2.05, 4.69) is 4.98 Å². The van der Waals surface area contributed by atoms with Crippen LogP contribution in [0.1, 0.15) is 16.5 Å². The molecule has 0 aliphatic heterocycles. The fourth-order valence-corrected chi connectivity index (χ4v) is 2.41. The maximum Gasteiger partial charge on any atom is 0.147 e. The maximum absolute atomic E-state index is 13.3. The van der Waals surface area contributed by atoms with Crippen molar-refractivity contribution >= 4 is 22.9 Å². The van der Waals surface area contributed by atoms with Crippen molar-refractivity contribution in [2.24, 2.45) is 0 Å². The largest absolute Gasteiger partial charge is 0.383 e. The lowest BCUT2D eigenvalue weighted by Crippen LogP contribution is -2.01. The van der Waals surface area contributed by atoms with Gasteiger partial charge in [0, 0.05) is 11.8 Å². The quantitative estimate of drug-likeness (QED) is 0.880. The number of pyridine rings is 1. The number of aliphatic hydroxyl groups excluding tert-OH is 1. The van der Waals surface area contributed by atoms with Crippen LogP contribution in [0.25, 0.3) is 0 Å². The van der Waals surface area contributed by atoms with Gasteiger partial charge >= 0.3 is 0 Å². The fraction of sp³-hybridized carbons (Fsp3) is 0.100. The first-order chi connectivity index (χ1) is 7.20. The van der Waals surface area contributed by atoms with Gasteiger partial charge in [0.2, 0.25) is 0 Å². The van der Waals surface area contributed by atoms with Crippen LogP contribution in [0.2, 0.25) is 5.02 Å². The summed E-state index contributed by atoms with van der Waals surface area (Å²) in [7, 11) is 0. The Bertz CT molecular complexity index is 474. The summed E-state index contributed by atoms with van der Waals surface area (Å²) >= 11 is 7.14. The molecule has 0 radical (unpaired) electrons. The summed E-state index contributed by atoms with van der Waals surface area (Å²) < 4.78 is 13.3. The average Bonchev–Trinajstić information content (AvgIpc) is 2.64. The van der Waals surface area contributed by atoms with Gasteiger partial charge in [-0.05, 0) is 17.5 Å². The van der Waals surface area contributed by atoms with E-state index in [-0.39, 0.29) is 5.56 Å². The molecule has 2 aromatic rings. The number of rotatable bonds is 2. The lowest BCUT2D eigenvalue weighted by Gasteiger charge is -2.09. The van der Waals surface area contributed by atoms with E-state index in [1.807, 2.05) is 0 Å². The van der Waals surface area contributed by atoms with Crippen LogP contribution in [0.5, 0.6) is 0 Å². The van der Waals surface area contributed by atoms with Crippen LogP contribution in [0.3, 0.4) is 0 Å². The number of halogens is 2. The number of hydrogen-bond acceptors (Lipinski definition) is 3. The first kappa shape index (κ1) is 10.5. The van der Waals surface area contributed by atoms with Crippen LogP contribution < -0.4 is 0 Å². The van der Waals surface area contributed by atoms with Crippen LogP contribution in [-0.4, -0.2) is 10.1 Å². The summed E-state index contributed by atoms with van der Waals surface area (Å²) in [5.74, 6) is -0.533. The molecule has 2 rings (SSSR count). The van der Waals surface area contributed by atoms with E-state index in [1.54, 1.807) is 11.4 Å². The minimum atomic E-state index is -1.03. The van der Waals surface area contributed by atoms with Crippen LogP contribution in [0, 0.1) is 5.82 Å². The van der Waals surface area contributed by atoms with Crippen molar-refractivity contribution in [2.75, 3.05) is 0 Å². The first-order valence-electron chi connectivity index (χ1n) is 4.20. The summed E-state index contributed by atoms with van der Waals surface area (Å²) in [6.45, 7) is 0. The van der Waals surface area contributed by atoms with E-state index >= 15 is 0 Å². The molecule has 1 atom stereocenters. The highest BCUT2D eigenvalue weighted by Gasteiger charge is 2.18. The number of aromatic nitrogens is 1. The molecule has 0 spiro atoms. The van der Waals surface area contributed by atoms with Crippen molar-refractivity contribution in [1.82, 2.24) is 4.98 Å². The molecule has 78 valence electrons. The van der Waals surface area contributed by atoms with Crippen molar-refractivity contribution < 1.29 is 9.50 Å². The van der Waals surface area contributed by atoms with E-state index < -0.39 is 11.9 Å². The Morgan fingerprint density at radius 1 is 1.47 bits per heavy atom. The molecule has 0 aliphatic rings. The minimum Gasteiger partial charge on any atom is -0.383 e. The molecule has 5 heteroatoms. The maximum atomic E-state index is 13.3. The summed E-state index contributed by atoms with van der Waals surface area (Å²) in [5, 5.41) is 12.1. The monoisotopic (exact) mass is 243 g/mol. The SMILES string of the molecule is OC(c1ccncc1F)c1sccc1Cl. The number of aliphatic hydroxyl groups is 1. The molecule has 2 nitrogen and oxygen atoms in total. The summed E-state index contributed by atoms with van der Waals surface area (Å²) in [6.07, 6.45) is 1.48. The molecule has 2 heterocycles. The van der Waals surface area contributed by atoms with Crippen molar-refractivity contribution in [2.45, 2.75) is 6.10 Å². The third kappa shape index (κ3) is 2.02. The molecule has 0 bridgehead atoms. The lowest BCUT2D eigenvalue weighted by atomic mass is 10.1.